The first-order valence-electron chi connectivity index (χ1n) is 5.49. The van der Waals surface area contributed by atoms with Crippen LogP contribution in [0.25, 0.3) is 0 Å². The monoisotopic (exact) mass is 313 g/mol. The number of hydrogen-bond donors (Lipinski definition) is 1. The van der Waals surface area contributed by atoms with Gasteiger partial charge in [0.1, 0.15) is 5.41 Å². The zero-order valence-corrected chi connectivity index (χ0v) is 12.2. The third-order valence-corrected chi connectivity index (χ3v) is 3.43. The highest BCUT2D eigenvalue weighted by atomic mass is 79.9. The number of amides is 1. The van der Waals surface area contributed by atoms with E-state index in [1.165, 1.54) is 21.0 Å². The van der Waals surface area contributed by atoms with Gasteiger partial charge in [0.2, 0.25) is 5.91 Å². The second-order valence-electron chi connectivity index (χ2n) is 4.39. The number of carbonyl (C=O) groups is 2. The van der Waals surface area contributed by atoms with E-state index in [-0.39, 0.29) is 5.91 Å². The molecule has 0 saturated heterocycles. The SMILES string of the molecule is COC(=O)C(C)(C)C(=O)NCc1ccccc1Br. The number of methoxy groups -OCH3 is 1. The Balaban J connectivity index is 2.67. The van der Waals surface area contributed by atoms with Crippen LogP contribution in [0.1, 0.15) is 19.4 Å². The molecule has 0 spiro atoms. The maximum absolute atomic E-state index is 11.9. The molecule has 0 atom stereocenters. The van der Waals surface area contributed by atoms with Crippen molar-refractivity contribution in [2.45, 2.75) is 20.4 Å². The summed E-state index contributed by atoms with van der Waals surface area (Å²) in [4.78, 5) is 23.4. The van der Waals surface area contributed by atoms with Gasteiger partial charge in [0.15, 0.2) is 0 Å². The Morgan fingerprint density at radius 2 is 1.94 bits per heavy atom. The molecule has 1 aromatic rings. The summed E-state index contributed by atoms with van der Waals surface area (Å²) in [5, 5.41) is 2.73. The highest BCUT2D eigenvalue weighted by Crippen LogP contribution is 2.19. The molecule has 0 aliphatic carbocycles. The average molecular weight is 314 g/mol. The molecular weight excluding hydrogens is 298 g/mol. The van der Waals surface area contributed by atoms with Gasteiger partial charge in [0.25, 0.3) is 0 Å². The van der Waals surface area contributed by atoms with Gasteiger partial charge < -0.3 is 10.1 Å². The smallest absolute Gasteiger partial charge is 0.320 e. The lowest BCUT2D eigenvalue weighted by atomic mass is 9.92. The number of rotatable bonds is 4. The Hall–Kier alpha value is -1.36. The Bertz CT molecular complexity index is 457. The first-order valence-corrected chi connectivity index (χ1v) is 6.29. The molecule has 1 aromatic carbocycles. The highest BCUT2D eigenvalue weighted by molar-refractivity contribution is 9.10. The van der Waals surface area contributed by atoms with Crippen LogP contribution in [0.4, 0.5) is 0 Å². The van der Waals surface area contributed by atoms with Crippen LogP contribution in [0.15, 0.2) is 28.7 Å². The summed E-state index contributed by atoms with van der Waals surface area (Å²) < 4.78 is 5.52. The van der Waals surface area contributed by atoms with Crippen molar-refractivity contribution >= 4 is 27.8 Å². The van der Waals surface area contributed by atoms with Gasteiger partial charge in [-0.25, -0.2) is 0 Å². The molecule has 1 N–H and O–H groups in total. The molecule has 0 bridgehead atoms. The number of ether oxygens (including phenoxy) is 1. The molecule has 0 radical (unpaired) electrons. The number of benzene rings is 1. The minimum atomic E-state index is -1.18. The van der Waals surface area contributed by atoms with Crippen LogP contribution in [-0.2, 0) is 20.9 Å². The van der Waals surface area contributed by atoms with Crippen LogP contribution >= 0.6 is 15.9 Å². The lowest BCUT2D eigenvalue weighted by molar-refractivity contribution is -0.156. The molecule has 4 nitrogen and oxygen atoms in total. The first-order chi connectivity index (χ1) is 8.39. The number of halogens is 1. The molecule has 1 amide bonds. The third kappa shape index (κ3) is 3.32. The summed E-state index contributed by atoms with van der Waals surface area (Å²) in [7, 11) is 1.27. The summed E-state index contributed by atoms with van der Waals surface area (Å²) >= 11 is 3.40. The van der Waals surface area contributed by atoms with Crippen LogP contribution in [0.5, 0.6) is 0 Å². The van der Waals surface area contributed by atoms with Crippen molar-refractivity contribution in [1.82, 2.24) is 5.32 Å². The fraction of sp³-hybridized carbons (Fsp3) is 0.385. The second-order valence-corrected chi connectivity index (χ2v) is 5.25. The number of esters is 1. The summed E-state index contributed by atoms with van der Waals surface area (Å²) in [6, 6.07) is 7.58. The van der Waals surface area contributed by atoms with Crippen LogP contribution in [0.2, 0.25) is 0 Å². The number of hydrogen-bond acceptors (Lipinski definition) is 3. The predicted octanol–water partition coefficient (Wildman–Crippen LogP) is 2.26. The predicted molar refractivity (Wildman–Crippen MR) is 71.8 cm³/mol. The lowest BCUT2D eigenvalue weighted by Crippen LogP contribution is -2.42. The van der Waals surface area contributed by atoms with Crippen molar-refractivity contribution in [3.05, 3.63) is 34.3 Å². The fourth-order valence-corrected chi connectivity index (χ4v) is 1.81. The lowest BCUT2D eigenvalue weighted by Gasteiger charge is -2.20. The Morgan fingerprint density at radius 3 is 2.50 bits per heavy atom. The maximum atomic E-state index is 11.9. The Morgan fingerprint density at radius 1 is 1.33 bits per heavy atom. The van der Waals surface area contributed by atoms with Crippen LogP contribution in [-0.4, -0.2) is 19.0 Å². The van der Waals surface area contributed by atoms with Gasteiger partial charge in [-0.05, 0) is 25.5 Å². The molecule has 0 unspecified atom stereocenters. The van der Waals surface area contributed by atoms with Gasteiger partial charge >= 0.3 is 5.97 Å². The molecule has 0 heterocycles. The molecule has 18 heavy (non-hydrogen) atoms. The van der Waals surface area contributed by atoms with Gasteiger partial charge in [0.05, 0.1) is 7.11 Å². The number of carbonyl (C=O) groups excluding carboxylic acids is 2. The molecule has 1 rings (SSSR count). The van der Waals surface area contributed by atoms with Gasteiger partial charge in [-0.1, -0.05) is 34.1 Å². The number of nitrogens with one attached hydrogen (secondary N) is 1. The second kappa shape index (κ2) is 6.00. The van der Waals surface area contributed by atoms with Crippen LogP contribution in [0, 0.1) is 5.41 Å². The van der Waals surface area contributed by atoms with E-state index in [1.54, 1.807) is 0 Å². The van der Waals surface area contributed by atoms with E-state index in [4.69, 9.17) is 0 Å². The largest absolute Gasteiger partial charge is 0.468 e. The van der Waals surface area contributed by atoms with Gasteiger partial charge in [-0.3, -0.25) is 9.59 Å². The van der Waals surface area contributed by atoms with Crippen molar-refractivity contribution in [2.24, 2.45) is 5.41 Å². The summed E-state index contributed by atoms with van der Waals surface area (Å²) in [5.74, 6) is -0.905. The topological polar surface area (TPSA) is 55.4 Å². The molecule has 0 saturated carbocycles. The van der Waals surface area contributed by atoms with E-state index in [0.717, 1.165) is 10.0 Å². The van der Waals surface area contributed by atoms with Gasteiger partial charge in [-0.15, -0.1) is 0 Å². The zero-order valence-electron chi connectivity index (χ0n) is 10.6. The molecule has 5 heteroatoms. The van der Waals surface area contributed by atoms with Crippen molar-refractivity contribution in [3.63, 3.8) is 0 Å². The first kappa shape index (κ1) is 14.7. The normalized spacial score (nSPS) is 10.9. The van der Waals surface area contributed by atoms with Crippen molar-refractivity contribution < 1.29 is 14.3 Å². The molecule has 98 valence electrons. The van der Waals surface area contributed by atoms with E-state index < -0.39 is 11.4 Å². The molecular formula is C13H16BrNO3. The average Bonchev–Trinajstić information content (AvgIpc) is 2.36. The van der Waals surface area contributed by atoms with E-state index in [9.17, 15) is 9.59 Å². The molecule has 0 aromatic heterocycles. The molecule has 0 fully saturated rings. The van der Waals surface area contributed by atoms with Crippen molar-refractivity contribution in [2.75, 3.05) is 7.11 Å². The van der Waals surface area contributed by atoms with Crippen molar-refractivity contribution in [3.8, 4) is 0 Å². The van der Waals surface area contributed by atoms with Gasteiger partial charge in [-0.2, -0.15) is 0 Å². The minimum absolute atomic E-state index is 0.356. The summed E-state index contributed by atoms with van der Waals surface area (Å²) in [6.45, 7) is 3.43. The molecule has 0 aliphatic heterocycles. The van der Waals surface area contributed by atoms with Crippen LogP contribution in [0.3, 0.4) is 0 Å². The summed E-state index contributed by atoms with van der Waals surface area (Å²) in [6.07, 6.45) is 0. The van der Waals surface area contributed by atoms with E-state index in [2.05, 4.69) is 26.0 Å². The van der Waals surface area contributed by atoms with E-state index in [1.807, 2.05) is 24.3 Å². The van der Waals surface area contributed by atoms with Crippen LogP contribution < -0.4 is 5.32 Å². The molecule has 0 aliphatic rings. The summed E-state index contributed by atoms with van der Waals surface area (Å²) in [5.41, 5.74) is -0.234. The Kier molecular flexibility index (Phi) is 4.90. The van der Waals surface area contributed by atoms with E-state index in [0.29, 0.717) is 6.54 Å². The Labute approximate surface area is 115 Å². The minimum Gasteiger partial charge on any atom is -0.468 e. The van der Waals surface area contributed by atoms with E-state index >= 15 is 0 Å². The van der Waals surface area contributed by atoms with Gasteiger partial charge in [0, 0.05) is 11.0 Å². The standard InChI is InChI=1S/C13H16BrNO3/c1-13(2,12(17)18-3)11(16)15-8-9-6-4-5-7-10(9)14/h4-7H,8H2,1-3H3,(H,15,16). The van der Waals surface area contributed by atoms with Crippen molar-refractivity contribution in [1.29, 1.82) is 0 Å². The maximum Gasteiger partial charge on any atom is 0.320 e. The third-order valence-electron chi connectivity index (χ3n) is 2.66. The highest BCUT2D eigenvalue weighted by Gasteiger charge is 2.36. The fourth-order valence-electron chi connectivity index (χ4n) is 1.39. The quantitative estimate of drug-likeness (QED) is 0.685. The zero-order chi connectivity index (χ0) is 13.8.